The van der Waals surface area contributed by atoms with Crippen molar-refractivity contribution in [2.75, 3.05) is 0 Å². The van der Waals surface area contributed by atoms with Crippen LogP contribution < -0.4 is 5.32 Å². The molecule has 152 valence electrons. The molecule has 0 aliphatic rings. The van der Waals surface area contributed by atoms with E-state index in [1.54, 1.807) is 24.5 Å². The highest BCUT2D eigenvalue weighted by Crippen LogP contribution is 2.32. The summed E-state index contributed by atoms with van der Waals surface area (Å²) in [7, 11) is 0. The fourth-order valence-corrected chi connectivity index (χ4v) is 3.50. The first-order chi connectivity index (χ1) is 13.8. The Labute approximate surface area is 181 Å². The van der Waals surface area contributed by atoms with Crippen molar-refractivity contribution in [1.29, 1.82) is 0 Å². The van der Waals surface area contributed by atoms with Crippen LogP contribution in [0.2, 0.25) is 10.0 Å². The summed E-state index contributed by atoms with van der Waals surface area (Å²) in [5.74, 6) is 0.0184. The maximum absolute atomic E-state index is 13.2. The number of aromatic nitrogens is 3. The van der Waals surface area contributed by atoms with Gasteiger partial charge in [0.25, 0.3) is 5.91 Å². The molecule has 5 nitrogen and oxygen atoms in total. The Kier molecular flexibility index (Phi) is 6.60. The second-order valence-electron chi connectivity index (χ2n) is 7.50. The van der Waals surface area contributed by atoms with Crippen LogP contribution in [-0.4, -0.2) is 20.7 Å². The van der Waals surface area contributed by atoms with Crippen LogP contribution in [0, 0.1) is 0 Å². The summed E-state index contributed by atoms with van der Waals surface area (Å²) in [4.78, 5) is 17.2. The van der Waals surface area contributed by atoms with Gasteiger partial charge in [-0.1, -0.05) is 50.9 Å². The van der Waals surface area contributed by atoms with Crippen LogP contribution >= 0.6 is 23.2 Å². The van der Waals surface area contributed by atoms with Gasteiger partial charge < -0.3 is 5.32 Å². The van der Waals surface area contributed by atoms with Gasteiger partial charge in [0.05, 0.1) is 32.7 Å². The van der Waals surface area contributed by atoms with Crippen LogP contribution in [0.1, 0.15) is 66.8 Å². The highest BCUT2D eigenvalue weighted by Gasteiger charge is 2.27. The quantitative estimate of drug-likeness (QED) is 0.541. The predicted molar refractivity (Wildman–Crippen MR) is 117 cm³/mol. The fraction of sp³-hybridized carbons (Fsp3) is 0.318. The highest BCUT2D eigenvalue weighted by molar-refractivity contribution is 6.42. The van der Waals surface area contributed by atoms with Crippen LogP contribution in [-0.2, 0) is 6.54 Å². The molecule has 3 aromatic rings. The molecule has 0 radical (unpaired) electrons. The monoisotopic (exact) mass is 430 g/mol. The van der Waals surface area contributed by atoms with E-state index in [2.05, 4.69) is 24.1 Å². The van der Waals surface area contributed by atoms with Crippen molar-refractivity contribution in [3.63, 3.8) is 0 Å². The maximum Gasteiger partial charge on any atom is 0.255 e. The average molecular weight is 431 g/mol. The van der Waals surface area contributed by atoms with E-state index < -0.39 is 0 Å². The Morgan fingerprint density at radius 2 is 1.72 bits per heavy atom. The summed E-state index contributed by atoms with van der Waals surface area (Å²) in [6.45, 7) is 8.59. The highest BCUT2D eigenvalue weighted by atomic mass is 35.5. The van der Waals surface area contributed by atoms with Crippen LogP contribution in [0.25, 0.3) is 5.69 Å². The topological polar surface area (TPSA) is 59.8 Å². The summed E-state index contributed by atoms with van der Waals surface area (Å²) in [5.41, 5.74) is 3.99. The van der Waals surface area contributed by atoms with Gasteiger partial charge in [-0.2, -0.15) is 5.10 Å². The van der Waals surface area contributed by atoms with Crippen molar-refractivity contribution in [2.45, 2.75) is 46.1 Å². The van der Waals surface area contributed by atoms with E-state index in [4.69, 9.17) is 28.3 Å². The third kappa shape index (κ3) is 4.62. The predicted octanol–water partition coefficient (Wildman–Crippen LogP) is 5.75. The number of carbonyl (C=O) groups excluding carboxylic acids is 1. The zero-order valence-corrected chi connectivity index (χ0v) is 18.4. The zero-order chi connectivity index (χ0) is 21.1. The second-order valence-corrected chi connectivity index (χ2v) is 8.32. The van der Waals surface area contributed by atoms with E-state index in [0.29, 0.717) is 22.2 Å². The lowest BCUT2D eigenvalue weighted by molar-refractivity contribution is 0.0948. The molecule has 2 aromatic heterocycles. The lowest BCUT2D eigenvalue weighted by atomic mass is 9.98. The van der Waals surface area contributed by atoms with Crippen LogP contribution in [0.15, 0.2) is 42.7 Å². The molecule has 1 amide bonds. The van der Waals surface area contributed by atoms with Gasteiger partial charge in [0.2, 0.25) is 0 Å². The van der Waals surface area contributed by atoms with Crippen LogP contribution in [0.3, 0.4) is 0 Å². The molecule has 1 aromatic carbocycles. The minimum absolute atomic E-state index is 0.0751. The minimum Gasteiger partial charge on any atom is -0.348 e. The molecular weight excluding hydrogens is 407 g/mol. The summed E-state index contributed by atoms with van der Waals surface area (Å²) in [6, 6.07) is 9.13. The first-order valence-electron chi connectivity index (χ1n) is 9.55. The zero-order valence-electron chi connectivity index (χ0n) is 16.9. The minimum atomic E-state index is -0.138. The number of hydrogen-bond acceptors (Lipinski definition) is 3. The molecule has 1 N–H and O–H groups in total. The first kappa shape index (κ1) is 21.3. The molecule has 0 fully saturated rings. The molecule has 0 saturated heterocycles. The molecule has 3 rings (SSSR count). The van der Waals surface area contributed by atoms with Crippen molar-refractivity contribution in [3.05, 3.63) is 75.3 Å². The number of nitrogens with zero attached hydrogens (tertiary/aromatic N) is 3. The lowest BCUT2D eigenvalue weighted by Gasteiger charge is -2.14. The van der Waals surface area contributed by atoms with E-state index in [-0.39, 0.29) is 17.7 Å². The van der Waals surface area contributed by atoms with Crippen LogP contribution in [0.5, 0.6) is 0 Å². The van der Waals surface area contributed by atoms with E-state index >= 15 is 0 Å². The molecule has 0 aliphatic heterocycles. The van der Waals surface area contributed by atoms with Gasteiger partial charge in [0.1, 0.15) is 0 Å². The van der Waals surface area contributed by atoms with Crippen molar-refractivity contribution in [3.8, 4) is 5.69 Å². The van der Waals surface area contributed by atoms with Gasteiger partial charge in [0, 0.05) is 18.9 Å². The lowest BCUT2D eigenvalue weighted by Crippen LogP contribution is -2.25. The number of nitrogens with one attached hydrogen (secondary N) is 1. The summed E-state index contributed by atoms with van der Waals surface area (Å²) in [6.07, 6.45) is 3.42. The maximum atomic E-state index is 13.2. The number of carbonyl (C=O) groups is 1. The van der Waals surface area contributed by atoms with Gasteiger partial charge in [-0.3, -0.25) is 9.78 Å². The standard InChI is InChI=1S/C22H24Cl2N4O/c1-13(2)20-19(22(29)26-12-15-7-9-25-10-8-15)21(14(3)4)28(27-20)16-5-6-17(23)18(24)11-16/h5-11,13-14H,12H2,1-4H3,(H,26,29). The van der Waals surface area contributed by atoms with Gasteiger partial charge in [0.15, 0.2) is 0 Å². The molecule has 0 aliphatic carbocycles. The number of halogens is 2. The Morgan fingerprint density at radius 3 is 2.31 bits per heavy atom. The first-order valence-corrected chi connectivity index (χ1v) is 10.3. The van der Waals surface area contributed by atoms with Gasteiger partial charge >= 0.3 is 0 Å². The van der Waals surface area contributed by atoms with Crippen molar-refractivity contribution >= 4 is 29.1 Å². The Bertz CT molecular complexity index is 1010. The Hall–Kier alpha value is -2.37. The van der Waals surface area contributed by atoms with E-state index in [0.717, 1.165) is 22.6 Å². The molecule has 29 heavy (non-hydrogen) atoms. The third-order valence-corrected chi connectivity index (χ3v) is 5.36. The van der Waals surface area contributed by atoms with Gasteiger partial charge in [-0.15, -0.1) is 0 Å². The number of rotatable bonds is 6. The number of benzene rings is 1. The van der Waals surface area contributed by atoms with E-state index in [1.165, 1.54) is 0 Å². The molecule has 7 heteroatoms. The molecule has 0 saturated carbocycles. The number of hydrogen-bond donors (Lipinski definition) is 1. The van der Waals surface area contributed by atoms with Crippen molar-refractivity contribution in [1.82, 2.24) is 20.1 Å². The van der Waals surface area contributed by atoms with Crippen LogP contribution in [0.4, 0.5) is 0 Å². The number of pyridine rings is 1. The van der Waals surface area contributed by atoms with Gasteiger partial charge in [-0.25, -0.2) is 4.68 Å². The number of amides is 1. The Balaban J connectivity index is 2.05. The van der Waals surface area contributed by atoms with Crippen molar-refractivity contribution in [2.24, 2.45) is 0 Å². The van der Waals surface area contributed by atoms with E-state index in [1.807, 2.05) is 36.7 Å². The normalized spacial score (nSPS) is 11.3. The largest absolute Gasteiger partial charge is 0.348 e. The molecular formula is C22H24Cl2N4O. The van der Waals surface area contributed by atoms with Gasteiger partial charge in [-0.05, 0) is 47.7 Å². The molecule has 0 bridgehead atoms. The molecule has 0 unspecified atom stereocenters. The summed E-state index contributed by atoms with van der Waals surface area (Å²) in [5, 5.41) is 8.74. The van der Waals surface area contributed by atoms with Crippen molar-refractivity contribution < 1.29 is 4.79 Å². The summed E-state index contributed by atoms with van der Waals surface area (Å²) >= 11 is 12.3. The second kappa shape index (κ2) is 8.97. The Morgan fingerprint density at radius 1 is 1.03 bits per heavy atom. The average Bonchev–Trinajstić information content (AvgIpc) is 3.10. The molecule has 0 atom stereocenters. The molecule has 0 spiro atoms. The smallest absolute Gasteiger partial charge is 0.255 e. The SMILES string of the molecule is CC(C)c1nn(-c2ccc(Cl)c(Cl)c2)c(C(C)C)c1C(=O)NCc1ccncc1. The van der Waals surface area contributed by atoms with E-state index in [9.17, 15) is 4.79 Å². The third-order valence-electron chi connectivity index (χ3n) is 4.62. The summed E-state index contributed by atoms with van der Waals surface area (Å²) < 4.78 is 1.81. The molecule has 2 heterocycles. The fourth-order valence-electron chi connectivity index (χ4n) is 3.20.